The lowest BCUT2D eigenvalue weighted by molar-refractivity contribution is 0.0696. The van der Waals surface area contributed by atoms with Crippen molar-refractivity contribution in [1.82, 2.24) is 0 Å². The van der Waals surface area contributed by atoms with Gasteiger partial charge in [-0.15, -0.1) is 0 Å². The van der Waals surface area contributed by atoms with Gasteiger partial charge in [-0.1, -0.05) is 29.8 Å². The zero-order valence-corrected chi connectivity index (χ0v) is 15.3. The van der Waals surface area contributed by atoms with Crippen molar-refractivity contribution >= 4 is 33.1 Å². The van der Waals surface area contributed by atoms with Gasteiger partial charge in [-0.3, -0.25) is 4.72 Å². The van der Waals surface area contributed by atoms with Gasteiger partial charge in [0.05, 0.1) is 21.8 Å². The van der Waals surface area contributed by atoms with Crippen molar-refractivity contribution in [2.24, 2.45) is 0 Å². The molecule has 0 atom stereocenters. The summed E-state index contributed by atoms with van der Waals surface area (Å²) in [6.07, 6.45) is 0. The molecule has 3 aromatic carbocycles. The van der Waals surface area contributed by atoms with E-state index in [1.54, 1.807) is 24.3 Å². The minimum Gasteiger partial charge on any atom is -0.478 e. The summed E-state index contributed by atoms with van der Waals surface area (Å²) in [5.74, 6) is -1.11. The van der Waals surface area contributed by atoms with Crippen LogP contribution in [0.4, 0.5) is 17.1 Å². The van der Waals surface area contributed by atoms with Crippen molar-refractivity contribution in [2.75, 3.05) is 10.0 Å². The van der Waals surface area contributed by atoms with Crippen LogP contribution in [-0.2, 0) is 10.0 Å². The smallest absolute Gasteiger partial charge is 0.335 e. The molecule has 3 rings (SSSR count). The summed E-state index contributed by atoms with van der Waals surface area (Å²) in [6, 6.07) is 19.7. The summed E-state index contributed by atoms with van der Waals surface area (Å²) >= 11 is 0. The molecule has 0 amide bonds. The van der Waals surface area contributed by atoms with Gasteiger partial charge in [0.25, 0.3) is 10.0 Å². The molecule has 0 fully saturated rings. The van der Waals surface area contributed by atoms with E-state index in [4.69, 9.17) is 5.11 Å². The molecule has 0 unspecified atom stereocenters. The van der Waals surface area contributed by atoms with Crippen molar-refractivity contribution in [2.45, 2.75) is 11.8 Å². The quantitative estimate of drug-likeness (QED) is 0.593. The Bertz CT molecular complexity index is 1060. The molecule has 27 heavy (non-hydrogen) atoms. The topological polar surface area (TPSA) is 95.5 Å². The van der Waals surface area contributed by atoms with Gasteiger partial charge in [0.2, 0.25) is 0 Å². The molecule has 0 spiro atoms. The molecular weight excluding hydrogens is 364 g/mol. The van der Waals surface area contributed by atoms with Crippen molar-refractivity contribution in [1.29, 1.82) is 0 Å². The molecule has 6 nitrogen and oxygen atoms in total. The number of carboxylic acids is 1. The second-order valence-corrected chi connectivity index (χ2v) is 7.65. The minimum atomic E-state index is -3.86. The Kier molecular flexibility index (Phi) is 5.14. The van der Waals surface area contributed by atoms with Gasteiger partial charge in [0.15, 0.2) is 0 Å². The third-order valence-electron chi connectivity index (χ3n) is 3.91. The molecule has 138 valence electrons. The fourth-order valence-corrected chi connectivity index (χ4v) is 3.53. The molecule has 0 aliphatic heterocycles. The van der Waals surface area contributed by atoms with Crippen molar-refractivity contribution < 1.29 is 18.3 Å². The Morgan fingerprint density at radius 2 is 1.44 bits per heavy atom. The highest BCUT2D eigenvalue weighted by molar-refractivity contribution is 7.92. The summed E-state index contributed by atoms with van der Waals surface area (Å²) < 4.78 is 27.8. The van der Waals surface area contributed by atoms with Crippen LogP contribution in [0.25, 0.3) is 0 Å². The van der Waals surface area contributed by atoms with Gasteiger partial charge < -0.3 is 10.4 Å². The maximum Gasteiger partial charge on any atom is 0.335 e. The highest BCUT2D eigenvalue weighted by atomic mass is 32.2. The summed E-state index contributed by atoms with van der Waals surface area (Å²) in [7, 11) is -3.86. The number of hydrogen-bond acceptors (Lipinski definition) is 4. The van der Waals surface area contributed by atoms with Crippen LogP contribution in [0.3, 0.4) is 0 Å². The molecule has 0 aromatic heterocycles. The Balaban J connectivity index is 1.86. The van der Waals surface area contributed by atoms with E-state index in [0.717, 1.165) is 11.3 Å². The third-order valence-corrected chi connectivity index (χ3v) is 5.29. The highest BCUT2D eigenvalue weighted by Crippen LogP contribution is 2.27. The van der Waals surface area contributed by atoms with Crippen molar-refractivity contribution in [3.8, 4) is 0 Å². The number of aromatic carboxylic acids is 1. The largest absolute Gasteiger partial charge is 0.478 e. The molecule has 0 heterocycles. The molecule has 0 bridgehead atoms. The summed E-state index contributed by atoms with van der Waals surface area (Å²) in [4.78, 5) is 10.9. The first kappa shape index (κ1) is 18.5. The average Bonchev–Trinajstić information content (AvgIpc) is 2.65. The third kappa shape index (κ3) is 4.45. The maximum absolute atomic E-state index is 12.6. The zero-order chi connectivity index (χ0) is 19.4. The number of hydrogen-bond donors (Lipinski definition) is 3. The van der Waals surface area contributed by atoms with Crippen LogP contribution in [0.5, 0.6) is 0 Å². The van der Waals surface area contributed by atoms with E-state index in [2.05, 4.69) is 10.0 Å². The Hall–Kier alpha value is -3.32. The molecule has 0 aliphatic carbocycles. The van der Waals surface area contributed by atoms with Crippen LogP contribution >= 0.6 is 0 Å². The van der Waals surface area contributed by atoms with Crippen LogP contribution in [-0.4, -0.2) is 19.5 Å². The van der Waals surface area contributed by atoms with E-state index >= 15 is 0 Å². The number of sulfonamides is 1. The minimum absolute atomic E-state index is 0.0161. The first-order valence-corrected chi connectivity index (χ1v) is 9.62. The Morgan fingerprint density at radius 1 is 0.852 bits per heavy atom. The number of benzene rings is 3. The lowest BCUT2D eigenvalue weighted by Gasteiger charge is -2.14. The lowest BCUT2D eigenvalue weighted by atomic mass is 10.2. The van der Waals surface area contributed by atoms with Crippen LogP contribution in [0.15, 0.2) is 77.7 Å². The summed E-state index contributed by atoms with van der Waals surface area (Å²) in [5.41, 5.74) is 2.97. The Morgan fingerprint density at radius 3 is 2.04 bits per heavy atom. The summed E-state index contributed by atoms with van der Waals surface area (Å²) in [5, 5.41) is 12.1. The Labute approximate surface area is 157 Å². The van der Waals surface area contributed by atoms with Gasteiger partial charge in [-0.25, -0.2) is 13.2 Å². The van der Waals surface area contributed by atoms with E-state index in [1.807, 2.05) is 31.2 Å². The number of aryl methyl sites for hydroxylation is 1. The van der Waals surface area contributed by atoms with Crippen LogP contribution in [0, 0.1) is 6.92 Å². The number of para-hydroxylation sites is 2. The number of nitrogens with one attached hydrogen (secondary N) is 2. The predicted octanol–water partition coefficient (Wildman–Crippen LogP) is 4.24. The second kappa shape index (κ2) is 7.51. The normalized spacial score (nSPS) is 11.0. The molecule has 0 saturated heterocycles. The van der Waals surface area contributed by atoms with Crippen molar-refractivity contribution in [3.05, 3.63) is 83.9 Å². The van der Waals surface area contributed by atoms with Crippen LogP contribution in [0.1, 0.15) is 15.9 Å². The molecule has 0 aliphatic rings. The number of rotatable bonds is 6. The van der Waals surface area contributed by atoms with E-state index in [0.29, 0.717) is 11.4 Å². The molecule has 0 saturated carbocycles. The summed E-state index contributed by atoms with van der Waals surface area (Å²) in [6.45, 7) is 1.99. The standard InChI is InChI=1S/C20H18N2O4S/c1-14-6-10-16(11-7-14)21-18-4-2-3-5-19(18)22-27(25,26)17-12-8-15(9-13-17)20(23)24/h2-13,21-22H,1H3,(H,23,24). The fraction of sp³-hybridized carbons (Fsp3) is 0.0500. The van der Waals surface area contributed by atoms with Gasteiger partial charge in [0.1, 0.15) is 0 Å². The lowest BCUT2D eigenvalue weighted by Crippen LogP contribution is -2.14. The average molecular weight is 382 g/mol. The molecule has 0 radical (unpaired) electrons. The first-order valence-electron chi connectivity index (χ1n) is 8.14. The monoisotopic (exact) mass is 382 g/mol. The molecule has 7 heteroatoms. The van der Waals surface area contributed by atoms with Gasteiger partial charge >= 0.3 is 5.97 Å². The van der Waals surface area contributed by atoms with E-state index in [1.165, 1.54) is 24.3 Å². The first-order chi connectivity index (χ1) is 12.8. The number of carboxylic acid groups (broad SMARTS) is 1. The number of carbonyl (C=O) groups is 1. The molecular formula is C20H18N2O4S. The molecule has 3 N–H and O–H groups in total. The van der Waals surface area contributed by atoms with E-state index in [9.17, 15) is 13.2 Å². The van der Waals surface area contributed by atoms with Crippen LogP contribution in [0.2, 0.25) is 0 Å². The predicted molar refractivity (Wildman–Crippen MR) is 105 cm³/mol. The van der Waals surface area contributed by atoms with Gasteiger partial charge in [-0.05, 0) is 55.5 Å². The van der Waals surface area contributed by atoms with Crippen molar-refractivity contribution in [3.63, 3.8) is 0 Å². The van der Waals surface area contributed by atoms with E-state index in [-0.39, 0.29) is 10.5 Å². The SMILES string of the molecule is Cc1ccc(Nc2ccccc2NS(=O)(=O)c2ccc(C(=O)O)cc2)cc1. The maximum atomic E-state index is 12.6. The van der Waals surface area contributed by atoms with E-state index < -0.39 is 16.0 Å². The number of anilines is 3. The zero-order valence-electron chi connectivity index (χ0n) is 14.5. The highest BCUT2D eigenvalue weighted by Gasteiger charge is 2.16. The fourth-order valence-electron chi connectivity index (χ4n) is 2.45. The van der Waals surface area contributed by atoms with Gasteiger partial charge in [-0.2, -0.15) is 0 Å². The molecule has 3 aromatic rings. The van der Waals surface area contributed by atoms with Gasteiger partial charge in [0, 0.05) is 5.69 Å². The van der Waals surface area contributed by atoms with Crippen LogP contribution < -0.4 is 10.0 Å². The second-order valence-electron chi connectivity index (χ2n) is 5.97.